The summed E-state index contributed by atoms with van der Waals surface area (Å²) in [6.07, 6.45) is 6.92. The molecule has 1 rings (SSSR count). The summed E-state index contributed by atoms with van der Waals surface area (Å²) in [6, 6.07) is 1.97. The quantitative estimate of drug-likeness (QED) is 0.397. The van der Waals surface area contributed by atoms with Crippen molar-refractivity contribution < 1.29 is 9.53 Å². The first-order valence-electron chi connectivity index (χ1n) is 7.50. The van der Waals surface area contributed by atoms with E-state index in [1.54, 1.807) is 6.20 Å². The molecule has 0 saturated carbocycles. The van der Waals surface area contributed by atoms with E-state index in [1.165, 1.54) is 0 Å². The molecule has 5 nitrogen and oxygen atoms in total. The number of hydrogen-bond donors (Lipinski definition) is 1. The normalized spacial score (nSPS) is 15.2. The molecule has 1 aliphatic rings. The van der Waals surface area contributed by atoms with E-state index in [4.69, 9.17) is 10.00 Å². The van der Waals surface area contributed by atoms with Gasteiger partial charge in [0.05, 0.1) is 0 Å². The van der Waals surface area contributed by atoms with E-state index < -0.39 is 0 Å². The molecule has 0 aliphatic carbocycles. The molecule has 0 aromatic carbocycles. The Labute approximate surface area is 121 Å². The molecule has 0 aromatic heterocycles. The van der Waals surface area contributed by atoms with Gasteiger partial charge in [0.15, 0.2) is 0 Å². The first-order chi connectivity index (χ1) is 9.77. The summed E-state index contributed by atoms with van der Waals surface area (Å²) < 4.78 is 5.41. The fourth-order valence-electron chi connectivity index (χ4n) is 2.01. The number of likely N-dealkylation sites (tertiary alicyclic amines) is 1. The van der Waals surface area contributed by atoms with Crippen LogP contribution in [0.1, 0.15) is 39.0 Å². The van der Waals surface area contributed by atoms with Crippen molar-refractivity contribution >= 4 is 5.91 Å². The molecule has 1 heterocycles. The van der Waals surface area contributed by atoms with Crippen molar-refractivity contribution in [1.29, 1.82) is 5.26 Å². The molecule has 20 heavy (non-hydrogen) atoms. The lowest BCUT2D eigenvalue weighted by atomic mass is 10.3. The number of amides is 1. The molecule has 1 aliphatic heterocycles. The van der Waals surface area contributed by atoms with Crippen LogP contribution in [0.2, 0.25) is 0 Å². The average Bonchev–Trinajstić information content (AvgIpc) is 2.96. The van der Waals surface area contributed by atoms with Crippen LogP contribution in [0, 0.1) is 11.3 Å². The average molecular weight is 279 g/mol. The van der Waals surface area contributed by atoms with Gasteiger partial charge in [0, 0.05) is 39.0 Å². The van der Waals surface area contributed by atoms with Crippen LogP contribution in [0.25, 0.3) is 0 Å². The SMILES string of the molecule is CCCCOCCCNC(=O)/C(C#N)=C\N1CCCC1. The zero-order valence-electron chi connectivity index (χ0n) is 12.4. The smallest absolute Gasteiger partial charge is 0.263 e. The first-order valence-corrected chi connectivity index (χ1v) is 7.50. The van der Waals surface area contributed by atoms with Gasteiger partial charge < -0.3 is 15.0 Å². The van der Waals surface area contributed by atoms with Gasteiger partial charge in [0.2, 0.25) is 0 Å². The van der Waals surface area contributed by atoms with E-state index in [2.05, 4.69) is 12.2 Å². The number of ether oxygens (including phenoxy) is 1. The second-order valence-corrected chi connectivity index (χ2v) is 4.97. The van der Waals surface area contributed by atoms with Gasteiger partial charge in [-0.1, -0.05) is 13.3 Å². The maximum absolute atomic E-state index is 11.8. The zero-order valence-corrected chi connectivity index (χ0v) is 12.4. The van der Waals surface area contributed by atoms with Crippen molar-refractivity contribution in [2.75, 3.05) is 32.8 Å². The molecule has 0 bridgehead atoms. The number of nitrogens with one attached hydrogen (secondary N) is 1. The summed E-state index contributed by atoms with van der Waals surface area (Å²) in [5.74, 6) is -0.284. The third kappa shape index (κ3) is 6.58. The highest BCUT2D eigenvalue weighted by Gasteiger charge is 2.13. The van der Waals surface area contributed by atoms with Crippen molar-refractivity contribution in [2.24, 2.45) is 0 Å². The molecule has 0 atom stereocenters. The van der Waals surface area contributed by atoms with Crippen molar-refractivity contribution in [1.82, 2.24) is 10.2 Å². The van der Waals surface area contributed by atoms with E-state index in [1.807, 2.05) is 11.0 Å². The van der Waals surface area contributed by atoms with Crippen LogP contribution < -0.4 is 5.32 Å². The Bertz CT molecular complexity index is 355. The lowest BCUT2D eigenvalue weighted by molar-refractivity contribution is -0.117. The Balaban J connectivity index is 2.18. The van der Waals surface area contributed by atoms with Crippen LogP contribution >= 0.6 is 0 Å². The van der Waals surface area contributed by atoms with Gasteiger partial charge in [0.1, 0.15) is 11.6 Å². The maximum atomic E-state index is 11.8. The number of nitrogens with zero attached hydrogens (tertiary/aromatic N) is 2. The third-order valence-electron chi connectivity index (χ3n) is 3.21. The summed E-state index contributed by atoms with van der Waals surface area (Å²) in [4.78, 5) is 13.9. The molecule has 112 valence electrons. The number of unbranched alkanes of at least 4 members (excludes halogenated alkanes) is 1. The Hall–Kier alpha value is -1.54. The second-order valence-electron chi connectivity index (χ2n) is 4.97. The molecule has 1 N–H and O–H groups in total. The number of hydrogen-bond acceptors (Lipinski definition) is 4. The molecular weight excluding hydrogens is 254 g/mol. The summed E-state index contributed by atoms with van der Waals surface area (Å²) in [6.45, 7) is 5.97. The van der Waals surface area contributed by atoms with E-state index >= 15 is 0 Å². The van der Waals surface area contributed by atoms with Crippen LogP contribution in [0.15, 0.2) is 11.8 Å². The van der Waals surface area contributed by atoms with Gasteiger partial charge >= 0.3 is 0 Å². The zero-order chi connectivity index (χ0) is 14.6. The molecule has 0 aromatic rings. The second kappa shape index (κ2) is 10.3. The minimum Gasteiger partial charge on any atom is -0.381 e. The predicted molar refractivity (Wildman–Crippen MR) is 77.9 cm³/mol. The number of carbonyl (C=O) groups is 1. The number of rotatable bonds is 9. The van der Waals surface area contributed by atoms with E-state index in [0.29, 0.717) is 13.2 Å². The van der Waals surface area contributed by atoms with Crippen LogP contribution in [0.5, 0.6) is 0 Å². The van der Waals surface area contributed by atoms with Gasteiger partial charge in [-0.25, -0.2) is 0 Å². The molecule has 5 heteroatoms. The van der Waals surface area contributed by atoms with Gasteiger partial charge in [0.25, 0.3) is 5.91 Å². The van der Waals surface area contributed by atoms with Gasteiger partial charge in [-0.2, -0.15) is 5.26 Å². The van der Waals surface area contributed by atoms with Crippen molar-refractivity contribution in [3.63, 3.8) is 0 Å². The van der Waals surface area contributed by atoms with E-state index in [-0.39, 0.29) is 11.5 Å². The monoisotopic (exact) mass is 279 g/mol. The van der Waals surface area contributed by atoms with Crippen LogP contribution in [-0.2, 0) is 9.53 Å². The minimum absolute atomic E-state index is 0.193. The Morgan fingerprint density at radius 2 is 2.05 bits per heavy atom. The highest BCUT2D eigenvalue weighted by atomic mass is 16.5. The summed E-state index contributed by atoms with van der Waals surface area (Å²) in [5, 5.41) is 11.8. The third-order valence-corrected chi connectivity index (χ3v) is 3.21. The highest BCUT2D eigenvalue weighted by Crippen LogP contribution is 2.09. The standard InChI is InChI=1S/C15H25N3O2/c1-2-3-10-20-11-6-7-17-15(19)14(12-16)13-18-8-4-5-9-18/h13H,2-11H2,1H3,(H,17,19)/b14-13-. The van der Waals surface area contributed by atoms with Crippen molar-refractivity contribution in [3.8, 4) is 6.07 Å². The molecule has 0 spiro atoms. The number of carbonyl (C=O) groups excluding carboxylic acids is 1. The summed E-state index contributed by atoms with van der Waals surface area (Å²) in [5.41, 5.74) is 0.193. The molecule has 1 amide bonds. The first kappa shape index (κ1) is 16.5. The summed E-state index contributed by atoms with van der Waals surface area (Å²) in [7, 11) is 0. The fraction of sp³-hybridized carbons (Fsp3) is 0.733. The van der Waals surface area contributed by atoms with Gasteiger partial charge in [-0.15, -0.1) is 0 Å². The van der Waals surface area contributed by atoms with Gasteiger partial charge in [-0.3, -0.25) is 4.79 Å². The Morgan fingerprint density at radius 1 is 1.35 bits per heavy atom. The molecule has 0 unspecified atom stereocenters. The van der Waals surface area contributed by atoms with E-state index in [9.17, 15) is 4.79 Å². The Kier molecular flexibility index (Phi) is 8.48. The van der Waals surface area contributed by atoms with Crippen LogP contribution in [0.3, 0.4) is 0 Å². The van der Waals surface area contributed by atoms with Crippen LogP contribution in [0.4, 0.5) is 0 Å². The van der Waals surface area contributed by atoms with Gasteiger partial charge in [-0.05, 0) is 25.7 Å². The van der Waals surface area contributed by atoms with E-state index in [0.717, 1.165) is 51.8 Å². The minimum atomic E-state index is -0.284. The topological polar surface area (TPSA) is 65.4 Å². The molecule has 1 fully saturated rings. The lowest BCUT2D eigenvalue weighted by Gasteiger charge is -2.12. The van der Waals surface area contributed by atoms with Crippen molar-refractivity contribution in [2.45, 2.75) is 39.0 Å². The highest BCUT2D eigenvalue weighted by molar-refractivity contribution is 5.97. The molecule has 0 radical (unpaired) electrons. The largest absolute Gasteiger partial charge is 0.381 e. The number of nitriles is 1. The van der Waals surface area contributed by atoms with Crippen LogP contribution in [-0.4, -0.2) is 43.7 Å². The fourth-order valence-corrected chi connectivity index (χ4v) is 2.01. The molecular formula is C15H25N3O2. The van der Waals surface area contributed by atoms with Crippen molar-refractivity contribution in [3.05, 3.63) is 11.8 Å². The summed E-state index contributed by atoms with van der Waals surface area (Å²) >= 11 is 0. The maximum Gasteiger partial charge on any atom is 0.263 e. The molecule has 1 saturated heterocycles. The lowest BCUT2D eigenvalue weighted by Crippen LogP contribution is -2.27. The predicted octanol–water partition coefficient (Wildman–Crippen LogP) is 1.81. The Morgan fingerprint density at radius 3 is 2.70 bits per heavy atom.